The lowest BCUT2D eigenvalue weighted by Gasteiger charge is -2.22. The van der Waals surface area contributed by atoms with Crippen LogP contribution in [0.3, 0.4) is 0 Å². The molecule has 1 aromatic carbocycles. The molecule has 27 heavy (non-hydrogen) atoms. The Morgan fingerprint density at radius 3 is 2.56 bits per heavy atom. The molecule has 0 atom stereocenters. The number of hydrogen-bond acceptors (Lipinski definition) is 4. The predicted molar refractivity (Wildman–Crippen MR) is 111 cm³/mol. The molecule has 0 bridgehead atoms. The Bertz CT molecular complexity index is 836. The smallest absolute Gasteiger partial charge is 0.254 e. The molecule has 0 radical (unpaired) electrons. The number of ketones is 1. The molecule has 0 amide bonds. The number of H-pyrrole nitrogens is 1. The van der Waals surface area contributed by atoms with E-state index < -0.39 is 0 Å². The number of carbonyl (C=O) groups excluding carboxylic acids is 1. The summed E-state index contributed by atoms with van der Waals surface area (Å²) in [7, 11) is 0. The lowest BCUT2D eigenvalue weighted by molar-refractivity contribution is 0.102. The number of nitrogens with one attached hydrogen (secondary N) is 1. The van der Waals surface area contributed by atoms with E-state index in [0.717, 1.165) is 23.2 Å². The third-order valence-corrected chi connectivity index (χ3v) is 6.23. The Labute approximate surface area is 165 Å². The van der Waals surface area contributed by atoms with Crippen LogP contribution in [0.15, 0.2) is 34.2 Å². The van der Waals surface area contributed by atoms with Gasteiger partial charge in [0.25, 0.3) is 5.56 Å². The minimum atomic E-state index is -0.0522. The zero-order valence-corrected chi connectivity index (χ0v) is 17.0. The fourth-order valence-corrected chi connectivity index (χ4v) is 4.52. The monoisotopic (exact) mass is 384 g/mol. The van der Waals surface area contributed by atoms with Gasteiger partial charge in [-0.25, -0.2) is 4.98 Å². The zero-order chi connectivity index (χ0) is 19.2. The Balaban J connectivity index is 1.72. The van der Waals surface area contributed by atoms with Gasteiger partial charge in [0.15, 0.2) is 10.9 Å². The molecule has 1 saturated carbocycles. The predicted octanol–water partition coefficient (Wildman–Crippen LogP) is 4.74. The van der Waals surface area contributed by atoms with Crippen molar-refractivity contribution >= 4 is 17.5 Å². The topological polar surface area (TPSA) is 62.8 Å². The van der Waals surface area contributed by atoms with Crippen molar-refractivity contribution in [1.29, 1.82) is 0 Å². The van der Waals surface area contributed by atoms with Gasteiger partial charge in [-0.3, -0.25) is 9.59 Å². The number of benzene rings is 1. The lowest BCUT2D eigenvalue weighted by atomic mass is 9.85. The summed E-state index contributed by atoms with van der Waals surface area (Å²) in [5, 5.41) is 0.559. The van der Waals surface area contributed by atoms with Crippen LogP contribution < -0.4 is 5.56 Å². The number of carbonyl (C=O) groups is 1. The van der Waals surface area contributed by atoms with Crippen molar-refractivity contribution in [3.05, 3.63) is 57.0 Å². The van der Waals surface area contributed by atoms with Crippen LogP contribution in [0.25, 0.3) is 0 Å². The second-order valence-corrected chi connectivity index (χ2v) is 8.40. The summed E-state index contributed by atoms with van der Waals surface area (Å²) in [6.07, 6.45) is 7.91. The van der Waals surface area contributed by atoms with E-state index in [1.807, 2.05) is 38.1 Å². The number of rotatable bonds is 7. The molecular formula is C22H28N2O2S. The van der Waals surface area contributed by atoms with Gasteiger partial charge in [-0.1, -0.05) is 80.6 Å². The van der Waals surface area contributed by atoms with E-state index in [2.05, 4.69) is 4.98 Å². The number of thioether (sulfide) groups is 1. The normalized spacial score (nSPS) is 15.0. The molecule has 1 N–H and O–H groups in total. The number of aryl methyl sites for hydroxylation is 1. The average Bonchev–Trinajstić information content (AvgIpc) is 2.67. The number of nitrogens with zero attached hydrogens (tertiary/aromatic N) is 1. The van der Waals surface area contributed by atoms with Crippen LogP contribution >= 0.6 is 11.8 Å². The van der Waals surface area contributed by atoms with E-state index in [0.29, 0.717) is 23.1 Å². The first kappa shape index (κ1) is 19.9. The van der Waals surface area contributed by atoms with Gasteiger partial charge in [0.05, 0.1) is 11.4 Å². The van der Waals surface area contributed by atoms with Crippen LogP contribution in [0.4, 0.5) is 0 Å². The molecular weight excluding hydrogens is 356 g/mol. The molecule has 5 heteroatoms. The summed E-state index contributed by atoms with van der Waals surface area (Å²) >= 11 is 1.32. The highest BCUT2D eigenvalue weighted by molar-refractivity contribution is 7.99. The van der Waals surface area contributed by atoms with E-state index in [9.17, 15) is 9.59 Å². The van der Waals surface area contributed by atoms with Crippen molar-refractivity contribution in [1.82, 2.24) is 9.97 Å². The number of hydrogen-bond donors (Lipinski definition) is 1. The maximum Gasteiger partial charge on any atom is 0.254 e. The lowest BCUT2D eigenvalue weighted by Crippen LogP contribution is -2.21. The minimum absolute atomic E-state index is 0.0519. The first-order valence-corrected chi connectivity index (χ1v) is 10.9. The summed E-state index contributed by atoms with van der Waals surface area (Å²) < 4.78 is 0. The Hall–Kier alpha value is -1.88. The quantitative estimate of drug-likeness (QED) is 0.425. The van der Waals surface area contributed by atoms with Gasteiger partial charge in [0.1, 0.15) is 0 Å². The molecule has 2 aromatic rings. The molecule has 1 aliphatic carbocycles. The van der Waals surface area contributed by atoms with Gasteiger partial charge >= 0.3 is 0 Å². The van der Waals surface area contributed by atoms with Crippen molar-refractivity contribution < 1.29 is 4.79 Å². The van der Waals surface area contributed by atoms with E-state index in [4.69, 9.17) is 4.98 Å². The summed E-state index contributed by atoms with van der Waals surface area (Å²) in [6.45, 7) is 4.01. The van der Waals surface area contributed by atoms with E-state index in [-0.39, 0.29) is 17.1 Å². The third kappa shape index (κ3) is 5.32. The van der Waals surface area contributed by atoms with Gasteiger partial charge in [-0.05, 0) is 25.7 Å². The molecule has 0 unspecified atom stereocenters. The van der Waals surface area contributed by atoms with Gasteiger partial charge in [0, 0.05) is 11.1 Å². The molecule has 1 aromatic heterocycles. The largest absolute Gasteiger partial charge is 0.301 e. The van der Waals surface area contributed by atoms with Crippen LogP contribution in [0.1, 0.15) is 66.2 Å². The Morgan fingerprint density at radius 1 is 1.19 bits per heavy atom. The maximum absolute atomic E-state index is 12.5. The van der Waals surface area contributed by atoms with Gasteiger partial charge in [-0.15, -0.1) is 0 Å². The van der Waals surface area contributed by atoms with Crippen LogP contribution in [-0.2, 0) is 12.8 Å². The Kier molecular flexibility index (Phi) is 6.89. The molecule has 4 nitrogen and oxygen atoms in total. The van der Waals surface area contributed by atoms with Crippen LogP contribution in [0, 0.1) is 12.8 Å². The molecule has 144 valence electrons. The second-order valence-electron chi connectivity index (χ2n) is 7.44. The zero-order valence-electron chi connectivity index (χ0n) is 16.2. The van der Waals surface area contributed by atoms with E-state index in [1.54, 1.807) is 0 Å². The van der Waals surface area contributed by atoms with Gasteiger partial charge < -0.3 is 4.98 Å². The van der Waals surface area contributed by atoms with Gasteiger partial charge in [-0.2, -0.15) is 0 Å². The summed E-state index contributed by atoms with van der Waals surface area (Å²) in [4.78, 5) is 32.5. The molecule has 0 saturated heterocycles. The summed E-state index contributed by atoms with van der Waals surface area (Å²) in [6, 6.07) is 7.58. The van der Waals surface area contributed by atoms with E-state index >= 15 is 0 Å². The molecule has 1 aliphatic rings. The van der Waals surface area contributed by atoms with Crippen molar-refractivity contribution in [2.75, 3.05) is 5.75 Å². The highest BCUT2D eigenvalue weighted by atomic mass is 32.2. The first-order chi connectivity index (χ1) is 13.1. The van der Waals surface area contributed by atoms with Gasteiger partial charge in [0.2, 0.25) is 0 Å². The van der Waals surface area contributed by atoms with Crippen molar-refractivity contribution in [2.45, 2.75) is 63.9 Å². The summed E-state index contributed by atoms with van der Waals surface area (Å²) in [5.41, 5.74) is 3.51. The minimum Gasteiger partial charge on any atom is -0.301 e. The highest BCUT2D eigenvalue weighted by Gasteiger charge is 2.19. The maximum atomic E-state index is 12.5. The molecule has 1 fully saturated rings. The van der Waals surface area contributed by atoms with Crippen LogP contribution in [0.5, 0.6) is 0 Å². The molecule has 3 rings (SSSR count). The molecule has 0 aliphatic heterocycles. The fourth-order valence-electron chi connectivity index (χ4n) is 3.74. The van der Waals surface area contributed by atoms with Crippen LogP contribution in [0.2, 0.25) is 0 Å². The summed E-state index contributed by atoms with van der Waals surface area (Å²) in [5.74, 6) is 0.960. The first-order valence-electron chi connectivity index (χ1n) is 9.91. The van der Waals surface area contributed by atoms with Crippen LogP contribution in [-0.4, -0.2) is 21.5 Å². The molecule has 1 heterocycles. The van der Waals surface area contributed by atoms with E-state index in [1.165, 1.54) is 43.9 Å². The fraction of sp³-hybridized carbons (Fsp3) is 0.500. The Morgan fingerprint density at radius 2 is 1.89 bits per heavy atom. The second kappa shape index (κ2) is 9.36. The molecule has 0 spiro atoms. The standard InChI is InChI=1S/C22H28N2O2S/c1-3-18-19(13-16-7-5-4-6-8-16)23-22(24-21(18)26)27-14-20(25)17-11-9-15(2)10-12-17/h9-12,16H,3-8,13-14H2,1-2H3,(H,23,24,26). The average molecular weight is 385 g/mol. The highest BCUT2D eigenvalue weighted by Crippen LogP contribution is 2.27. The third-order valence-electron chi connectivity index (χ3n) is 5.35. The van der Waals surface area contributed by atoms with Crippen molar-refractivity contribution in [3.8, 4) is 0 Å². The van der Waals surface area contributed by atoms with Crippen molar-refractivity contribution in [3.63, 3.8) is 0 Å². The number of aromatic amines is 1. The SMILES string of the molecule is CCc1c(CC2CCCCC2)nc(SCC(=O)c2ccc(C)cc2)[nH]c1=O. The number of aromatic nitrogens is 2. The van der Waals surface area contributed by atoms with Crippen molar-refractivity contribution in [2.24, 2.45) is 5.92 Å². The number of Topliss-reactive ketones (excluding diaryl/α,β-unsaturated/α-hetero) is 1.